The molecule has 0 aliphatic carbocycles. The Labute approximate surface area is 111 Å². The summed E-state index contributed by atoms with van der Waals surface area (Å²) in [6.07, 6.45) is 2.65. The molecule has 0 atom stereocenters. The number of anilines is 1. The summed E-state index contributed by atoms with van der Waals surface area (Å²) in [4.78, 5) is 0. The summed E-state index contributed by atoms with van der Waals surface area (Å²) in [6, 6.07) is 2.22. The van der Waals surface area contributed by atoms with E-state index >= 15 is 0 Å². The van der Waals surface area contributed by atoms with Gasteiger partial charge in [-0.3, -0.25) is 0 Å². The standard InChI is InChI=1S/C12H19N3S2/c1-9(13-2)10-8-11(16-12(10)14-3)17-15-6-4-5-7-15/h8,13-14H,1,4-7H2,2-3H3. The minimum Gasteiger partial charge on any atom is -0.388 e. The van der Waals surface area contributed by atoms with Crippen molar-refractivity contribution in [1.29, 1.82) is 0 Å². The molecular weight excluding hydrogens is 250 g/mol. The van der Waals surface area contributed by atoms with Gasteiger partial charge < -0.3 is 10.6 Å². The van der Waals surface area contributed by atoms with Crippen LogP contribution in [0.4, 0.5) is 5.00 Å². The zero-order valence-corrected chi connectivity index (χ0v) is 12.0. The lowest BCUT2D eigenvalue weighted by molar-refractivity contribution is 0.587. The summed E-state index contributed by atoms with van der Waals surface area (Å²) in [5, 5.41) is 7.54. The fourth-order valence-corrected chi connectivity index (χ4v) is 4.22. The van der Waals surface area contributed by atoms with Gasteiger partial charge in [-0.05, 0) is 30.9 Å². The minimum atomic E-state index is 0.971. The van der Waals surface area contributed by atoms with Crippen LogP contribution in [0.15, 0.2) is 16.9 Å². The normalized spacial score (nSPS) is 16.1. The van der Waals surface area contributed by atoms with Crippen LogP contribution in [0.25, 0.3) is 5.70 Å². The second-order valence-corrected chi connectivity index (χ2v) is 6.46. The van der Waals surface area contributed by atoms with Crippen LogP contribution in [0, 0.1) is 0 Å². The summed E-state index contributed by atoms with van der Waals surface area (Å²) in [6.45, 7) is 6.45. The van der Waals surface area contributed by atoms with E-state index in [9.17, 15) is 0 Å². The SMILES string of the molecule is C=C(NC)c1cc(SN2CCCC2)sc1NC. The number of nitrogens with one attached hydrogen (secondary N) is 2. The highest BCUT2D eigenvalue weighted by atomic mass is 32.2. The molecule has 0 spiro atoms. The predicted molar refractivity (Wildman–Crippen MR) is 78.6 cm³/mol. The molecular formula is C12H19N3S2. The quantitative estimate of drug-likeness (QED) is 0.803. The highest BCUT2D eigenvalue weighted by Crippen LogP contribution is 2.39. The monoisotopic (exact) mass is 269 g/mol. The van der Waals surface area contributed by atoms with E-state index in [2.05, 4.69) is 27.6 Å². The van der Waals surface area contributed by atoms with Crippen molar-refractivity contribution in [2.24, 2.45) is 0 Å². The van der Waals surface area contributed by atoms with Crippen molar-refractivity contribution in [3.05, 3.63) is 18.2 Å². The van der Waals surface area contributed by atoms with E-state index in [1.54, 1.807) is 11.3 Å². The molecule has 17 heavy (non-hydrogen) atoms. The van der Waals surface area contributed by atoms with E-state index in [0.29, 0.717) is 0 Å². The lowest BCUT2D eigenvalue weighted by Gasteiger charge is -2.10. The second-order valence-electron chi connectivity index (χ2n) is 4.01. The third-order valence-electron chi connectivity index (χ3n) is 2.85. The topological polar surface area (TPSA) is 27.3 Å². The van der Waals surface area contributed by atoms with Crippen molar-refractivity contribution in [2.45, 2.75) is 17.1 Å². The average molecular weight is 269 g/mol. The van der Waals surface area contributed by atoms with Crippen molar-refractivity contribution in [1.82, 2.24) is 9.62 Å². The van der Waals surface area contributed by atoms with E-state index in [0.717, 1.165) is 5.70 Å². The Balaban J connectivity index is 2.12. The van der Waals surface area contributed by atoms with Crippen molar-refractivity contribution in [2.75, 3.05) is 32.5 Å². The van der Waals surface area contributed by atoms with Gasteiger partial charge in [0.25, 0.3) is 0 Å². The van der Waals surface area contributed by atoms with Crippen LogP contribution in [0.3, 0.4) is 0 Å². The predicted octanol–water partition coefficient (Wildman–Crippen LogP) is 3.08. The molecule has 0 aromatic carbocycles. The van der Waals surface area contributed by atoms with Gasteiger partial charge in [-0.15, -0.1) is 11.3 Å². The molecule has 0 saturated carbocycles. The fraction of sp³-hybridized carbons (Fsp3) is 0.500. The molecule has 1 fully saturated rings. The molecule has 1 aromatic heterocycles. The molecule has 2 rings (SSSR count). The van der Waals surface area contributed by atoms with Gasteiger partial charge in [0.15, 0.2) is 0 Å². The van der Waals surface area contributed by atoms with Crippen LogP contribution in [0.1, 0.15) is 18.4 Å². The average Bonchev–Trinajstić information content (AvgIpc) is 2.97. The first-order chi connectivity index (χ1) is 8.24. The smallest absolute Gasteiger partial charge is 0.0986 e. The van der Waals surface area contributed by atoms with Crippen molar-refractivity contribution < 1.29 is 0 Å². The lowest BCUT2D eigenvalue weighted by Crippen LogP contribution is -2.07. The zero-order valence-electron chi connectivity index (χ0n) is 10.4. The van der Waals surface area contributed by atoms with Crippen LogP contribution in [0.2, 0.25) is 0 Å². The van der Waals surface area contributed by atoms with Crippen molar-refractivity contribution in [3.8, 4) is 0 Å². The van der Waals surface area contributed by atoms with E-state index in [1.165, 1.54) is 40.7 Å². The Morgan fingerprint density at radius 3 is 2.71 bits per heavy atom. The van der Waals surface area contributed by atoms with E-state index in [4.69, 9.17) is 0 Å². The van der Waals surface area contributed by atoms with Crippen LogP contribution in [-0.2, 0) is 0 Å². The third-order valence-corrected chi connectivity index (χ3v) is 5.19. The van der Waals surface area contributed by atoms with Gasteiger partial charge in [-0.1, -0.05) is 6.58 Å². The van der Waals surface area contributed by atoms with Crippen LogP contribution in [0.5, 0.6) is 0 Å². The number of hydrogen-bond donors (Lipinski definition) is 2. The van der Waals surface area contributed by atoms with Gasteiger partial charge in [-0.2, -0.15) is 0 Å². The summed E-state index contributed by atoms with van der Waals surface area (Å²) >= 11 is 3.67. The summed E-state index contributed by atoms with van der Waals surface area (Å²) in [5.74, 6) is 0. The number of rotatable bonds is 5. The van der Waals surface area contributed by atoms with E-state index in [-0.39, 0.29) is 0 Å². The molecule has 1 aliphatic rings. The summed E-state index contributed by atoms with van der Waals surface area (Å²) < 4.78 is 3.78. The van der Waals surface area contributed by atoms with Gasteiger partial charge in [-0.25, -0.2) is 4.31 Å². The number of thiophene rings is 1. The molecule has 94 valence electrons. The molecule has 0 unspecified atom stereocenters. The Bertz CT molecular complexity index is 394. The van der Waals surface area contributed by atoms with E-state index in [1.807, 2.05) is 26.0 Å². The van der Waals surface area contributed by atoms with Crippen LogP contribution >= 0.6 is 23.3 Å². The molecule has 1 saturated heterocycles. The summed E-state index contributed by atoms with van der Waals surface area (Å²) in [5.41, 5.74) is 2.15. The molecule has 1 aromatic rings. The molecule has 0 bridgehead atoms. The molecule has 0 amide bonds. The molecule has 0 radical (unpaired) electrons. The first-order valence-corrected chi connectivity index (χ1v) is 7.45. The zero-order chi connectivity index (χ0) is 12.3. The molecule has 2 heterocycles. The Hall–Kier alpha value is -0.650. The molecule has 3 nitrogen and oxygen atoms in total. The van der Waals surface area contributed by atoms with E-state index < -0.39 is 0 Å². The summed E-state index contributed by atoms with van der Waals surface area (Å²) in [7, 11) is 3.87. The van der Waals surface area contributed by atoms with Crippen LogP contribution in [-0.4, -0.2) is 31.5 Å². The highest BCUT2D eigenvalue weighted by Gasteiger charge is 2.16. The third kappa shape index (κ3) is 2.97. The molecule has 5 heteroatoms. The second kappa shape index (κ2) is 5.80. The van der Waals surface area contributed by atoms with Crippen molar-refractivity contribution >= 4 is 34.0 Å². The Morgan fingerprint density at radius 1 is 1.41 bits per heavy atom. The maximum atomic E-state index is 4.03. The first kappa shape index (κ1) is 12.8. The van der Waals surface area contributed by atoms with Crippen LogP contribution < -0.4 is 10.6 Å². The maximum Gasteiger partial charge on any atom is 0.0986 e. The largest absolute Gasteiger partial charge is 0.388 e. The van der Waals surface area contributed by atoms with Crippen molar-refractivity contribution in [3.63, 3.8) is 0 Å². The van der Waals surface area contributed by atoms with Gasteiger partial charge in [0.05, 0.1) is 9.21 Å². The molecule has 1 aliphatic heterocycles. The lowest BCUT2D eigenvalue weighted by atomic mass is 10.2. The fourth-order valence-electron chi connectivity index (χ4n) is 1.86. The highest BCUT2D eigenvalue weighted by molar-refractivity contribution is 7.99. The maximum absolute atomic E-state index is 4.03. The Morgan fingerprint density at radius 2 is 2.12 bits per heavy atom. The van der Waals surface area contributed by atoms with Gasteiger partial charge in [0.1, 0.15) is 0 Å². The Kier molecular flexibility index (Phi) is 4.36. The minimum absolute atomic E-state index is 0.971. The number of nitrogens with zero attached hydrogens (tertiary/aromatic N) is 1. The van der Waals surface area contributed by atoms with Gasteiger partial charge in [0, 0.05) is 38.4 Å². The van der Waals surface area contributed by atoms with Gasteiger partial charge >= 0.3 is 0 Å². The van der Waals surface area contributed by atoms with Gasteiger partial charge in [0.2, 0.25) is 0 Å². The molecule has 2 N–H and O–H groups in total. The number of hydrogen-bond acceptors (Lipinski definition) is 5. The first-order valence-electron chi connectivity index (χ1n) is 5.86.